The van der Waals surface area contributed by atoms with Crippen molar-refractivity contribution in [3.8, 4) is 11.5 Å². The highest BCUT2D eigenvalue weighted by atomic mass is 16.5. The molecule has 1 N–H and O–H groups in total. The summed E-state index contributed by atoms with van der Waals surface area (Å²) < 4.78 is 10.2. The van der Waals surface area contributed by atoms with Gasteiger partial charge in [-0.05, 0) is 70.4 Å². The van der Waals surface area contributed by atoms with Crippen molar-refractivity contribution in [3.63, 3.8) is 0 Å². The first-order valence-corrected chi connectivity index (χ1v) is 8.98. The minimum atomic E-state index is -0.415. The summed E-state index contributed by atoms with van der Waals surface area (Å²) in [5, 5.41) is 9.56. The third-order valence-corrected chi connectivity index (χ3v) is 3.88. The van der Waals surface area contributed by atoms with Gasteiger partial charge in [-0.2, -0.15) is 0 Å². The Balaban J connectivity index is 2.46. The fourth-order valence-electron chi connectivity index (χ4n) is 2.14. The van der Waals surface area contributed by atoms with Crippen molar-refractivity contribution in [1.82, 2.24) is 0 Å². The van der Waals surface area contributed by atoms with Crippen LogP contribution >= 0.6 is 0 Å². The largest absolute Gasteiger partial charge is 0.504 e. The van der Waals surface area contributed by atoms with E-state index in [1.807, 2.05) is 13.0 Å². The Hall–Kier alpha value is -2.75. The number of phenols is 1. The first-order valence-electron chi connectivity index (χ1n) is 8.98. The van der Waals surface area contributed by atoms with Crippen LogP contribution in [0.25, 0.3) is 6.08 Å². The van der Waals surface area contributed by atoms with E-state index in [9.17, 15) is 9.90 Å². The summed E-state index contributed by atoms with van der Waals surface area (Å²) in [4.78, 5) is 11.8. The van der Waals surface area contributed by atoms with Gasteiger partial charge in [0.25, 0.3) is 0 Å². The summed E-state index contributed by atoms with van der Waals surface area (Å²) in [6.07, 6.45) is 11.1. The maximum Gasteiger partial charge on any atom is 0.331 e. The fraction of sp³-hybridized carbons (Fsp3) is 0.348. The second kappa shape index (κ2) is 11.8. The number of methoxy groups -OCH3 is 1. The van der Waals surface area contributed by atoms with E-state index in [0.29, 0.717) is 5.75 Å². The van der Waals surface area contributed by atoms with Crippen molar-refractivity contribution in [2.24, 2.45) is 0 Å². The highest BCUT2D eigenvalue weighted by Gasteiger charge is 2.01. The van der Waals surface area contributed by atoms with Crippen LogP contribution in [0.15, 0.2) is 59.2 Å². The molecule has 0 aliphatic heterocycles. The zero-order chi connectivity index (χ0) is 20.2. The number of aromatic hydroxyl groups is 1. The Bertz CT molecular complexity index is 748. The van der Waals surface area contributed by atoms with Crippen LogP contribution in [-0.2, 0) is 9.53 Å². The molecular formula is C23H30O4. The lowest BCUT2D eigenvalue weighted by atomic mass is 10.1. The number of allylic oxidation sites excluding steroid dienone is 5. The third-order valence-electron chi connectivity index (χ3n) is 3.88. The molecule has 0 aromatic heterocycles. The predicted octanol–water partition coefficient (Wildman–Crippen LogP) is 5.60. The molecule has 1 rings (SSSR count). The van der Waals surface area contributed by atoms with E-state index in [4.69, 9.17) is 9.47 Å². The Morgan fingerprint density at radius 1 is 1.04 bits per heavy atom. The van der Waals surface area contributed by atoms with Crippen LogP contribution in [0, 0.1) is 0 Å². The molecule has 0 spiro atoms. The number of esters is 1. The van der Waals surface area contributed by atoms with Crippen LogP contribution in [0.3, 0.4) is 0 Å². The Morgan fingerprint density at radius 3 is 2.37 bits per heavy atom. The van der Waals surface area contributed by atoms with Gasteiger partial charge < -0.3 is 14.6 Å². The summed E-state index contributed by atoms with van der Waals surface area (Å²) in [6, 6.07) is 4.85. The number of carbonyl (C=O) groups excluding carboxylic acids is 1. The zero-order valence-electron chi connectivity index (χ0n) is 16.9. The molecule has 4 heteroatoms. The van der Waals surface area contributed by atoms with Gasteiger partial charge >= 0.3 is 5.97 Å². The van der Waals surface area contributed by atoms with E-state index < -0.39 is 5.97 Å². The number of hydrogen-bond acceptors (Lipinski definition) is 4. The molecule has 1 aromatic carbocycles. The maximum atomic E-state index is 11.8. The first-order chi connectivity index (χ1) is 12.8. The van der Waals surface area contributed by atoms with Crippen molar-refractivity contribution in [2.75, 3.05) is 13.7 Å². The molecule has 0 unspecified atom stereocenters. The third kappa shape index (κ3) is 9.50. The molecule has 0 bridgehead atoms. The van der Waals surface area contributed by atoms with E-state index in [0.717, 1.165) is 24.0 Å². The van der Waals surface area contributed by atoms with Crippen molar-refractivity contribution in [2.45, 2.75) is 40.5 Å². The van der Waals surface area contributed by atoms with Crippen molar-refractivity contribution in [3.05, 3.63) is 64.8 Å². The maximum absolute atomic E-state index is 11.8. The van der Waals surface area contributed by atoms with Crippen LogP contribution < -0.4 is 4.74 Å². The Kier molecular flexibility index (Phi) is 9.73. The van der Waals surface area contributed by atoms with Crippen molar-refractivity contribution >= 4 is 12.0 Å². The molecule has 0 aliphatic carbocycles. The van der Waals surface area contributed by atoms with Crippen LogP contribution in [0.4, 0.5) is 0 Å². The quantitative estimate of drug-likeness (QED) is 0.349. The van der Waals surface area contributed by atoms with Gasteiger partial charge in [0.1, 0.15) is 6.61 Å². The average molecular weight is 370 g/mol. The van der Waals surface area contributed by atoms with E-state index in [1.54, 1.807) is 18.2 Å². The van der Waals surface area contributed by atoms with E-state index in [1.165, 1.54) is 30.4 Å². The lowest BCUT2D eigenvalue weighted by Gasteiger charge is -2.03. The van der Waals surface area contributed by atoms with Crippen molar-refractivity contribution < 1.29 is 19.4 Å². The molecule has 0 atom stereocenters. The molecule has 0 saturated heterocycles. The zero-order valence-corrected chi connectivity index (χ0v) is 16.9. The van der Waals surface area contributed by atoms with Gasteiger partial charge in [0, 0.05) is 6.08 Å². The summed E-state index contributed by atoms with van der Waals surface area (Å²) in [5.74, 6) is 0.00126. The molecular weight excluding hydrogens is 340 g/mol. The monoisotopic (exact) mass is 370 g/mol. The number of ether oxygens (including phenoxy) is 2. The summed E-state index contributed by atoms with van der Waals surface area (Å²) in [7, 11) is 1.48. The molecule has 0 radical (unpaired) electrons. The molecule has 146 valence electrons. The summed E-state index contributed by atoms with van der Waals surface area (Å²) >= 11 is 0. The highest BCUT2D eigenvalue weighted by molar-refractivity contribution is 5.87. The van der Waals surface area contributed by atoms with Gasteiger partial charge in [-0.1, -0.05) is 34.9 Å². The molecule has 1 aromatic rings. The second-order valence-corrected chi connectivity index (χ2v) is 6.69. The fourth-order valence-corrected chi connectivity index (χ4v) is 2.14. The van der Waals surface area contributed by atoms with Crippen LogP contribution in [0.5, 0.6) is 11.5 Å². The van der Waals surface area contributed by atoms with Crippen LogP contribution in [0.2, 0.25) is 0 Å². The molecule has 27 heavy (non-hydrogen) atoms. The minimum absolute atomic E-state index is 0.0583. The lowest BCUT2D eigenvalue weighted by molar-refractivity contribution is -0.136. The smallest absolute Gasteiger partial charge is 0.331 e. The van der Waals surface area contributed by atoms with Crippen molar-refractivity contribution in [1.29, 1.82) is 0 Å². The van der Waals surface area contributed by atoms with Gasteiger partial charge in [0.15, 0.2) is 11.5 Å². The second-order valence-electron chi connectivity index (χ2n) is 6.69. The number of carbonyl (C=O) groups is 1. The first kappa shape index (κ1) is 22.3. The van der Waals surface area contributed by atoms with Gasteiger partial charge in [-0.3, -0.25) is 0 Å². The number of benzene rings is 1. The van der Waals surface area contributed by atoms with Crippen LogP contribution in [-0.4, -0.2) is 24.8 Å². The molecule has 0 heterocycles. The number of hydrogen-bond donors (Lipinski definition) is 1. The van der Waals surface area contributed by atoms with Crippen LogP contribution in [0.1, 0.15) is 46.1 Å². The SMILES string of the molecule is COc1cc(C=CC(=O)OCC=C(C)CC=C(C)CC=C(C)C)ccc1O. The molecule has 4 nitrogen and oxygen atoms in total. The normalized spacial score (nSPS) is 12.2. The predicted molar refractivity (Wildman–Crippen MR) is 111 cm³/mol. The van der Waals surface area contributed by atoms with E-state index in [-0.39, 0.29) is 12.4 Å². The van der Waals surface area contributed by atoms with Gasteiger partial charge in [-0.25, -0.2) is 4.79 Å². The molecule has 0 saturated carbocycles. The lowest BCUT2D eigenvalue weighted by Crippen LogP contribution is -2.00. The van der Waals surface area contributed by atoms with Gasteiger partial charge in [0.05, 0.1) is 7.11 Å². The molecule has 0 fully saturated rings. The van der Waals surface area contributed by atoms with Gasteiger partial charge in [0.2, 0.25) is 0 Å². The molecule has 0 aliphatic rings. The average Bonchev–Trinajstić information content (AvgIpc) is 2.64. The van der Waals surface area contributed by atoms with E-state index in [2.05, 4.69) is 32.9 Å². The van der Waals surface area contributed by atoms with Gasteiger partial charge in [-0.15, -0.1) is 0 Å². The topological polar surface area (TPSA) is 55.8 Å². The minimum Gasteiger partial charge on any atom is -0.504 e. The Labute approximate surface area is 162 Å². The Morgan fingerprint density at radius 2 is 1.70 bits per heavy atom. The summed E-state index contributed by atoms with van der Waals surface area (Å²) in [6.45, 7) is 8.58. The number of phenolic OH excluding ortho intramolecular Hbond substituents is 1. The molecule has 0 amide bonds. The standard InChI is InChI=1S/C23H30O4/c1-17(2)6-7-18(3)8-9-19(4)14-15-27-23(25)13-11-20-10-12-21(24)22(16-20)26-5/h6,8,10-14,16,24H,7,9,15H2,1-5H3. The number of rotatable bonds is 9. The van der Waals surface area contributed by atoms with E-state index >= 15 is 0 Å². The summed E-state index contributed by atoms with van der Waals surface area (Å²) in [5.41, 5.74) is 4.55. The highest BCUT2D eigenvalue weighted by Crippen LogP contribution is 2.26.